The van der Waals surface area contributed by atoms with Crippen molar-refractivity contribution in [1.29, 1.82) is 0 Å². The Kier molecular flexibility index (Phi) is 4.96. The quantitative estimate of drug-likeness (QED) is 0.548. The lowest BCUT2D eigenvalue weighted by Gasteiger charge is -2.46. The molecule has 0 aromatic carbocycles. The second kappa shape index (κ2) is 7.06. The minimum Gasteiger partial charge on any atom is -0.462 e. The predicted molar refractivity (Wildman–Crippen MR) is 100 cm³/mol. The summed E-state index contributed by atoms with van der Waals surface area (Å²) in [7, 11) is 2.27. The van der Waals surface area contributed by atoms with Crippen LogP contribution in [0.4, 0.5) is 0 Å². The molecule has 0 spiro atoms. The lowest BCUT2D eigenvalue weighted by Crippen LogP contribution is -2.44. The van der Waals surface area contributed by atoms with Gasteiger partial charge in [-0.3, -0.25) is 9.69 Å². The standard InChI is InChI=1S/C22H35NO2/c1-14-7-6-9-17(23(14)3)11-12-19-18-10-5-4-8-16(18)13-20-21(19)15(2)25-22(20)24/h11-12,14-21H,4-10,13H2,1-3H3/b12-11+/t14-,15-,16+,17-,18+,19+,20+,21+/m0/s1. The Hall–Kier alpha value is -0.830. The summed E-state index contributed by atoms with van der Waals surface area (Å²) in [4.78, 5) is 14.9. The number of carbonyl (C=O) groups excluding carboxylic acids is 1. The van der Waals surface area contributed by atoms with Crippen molar-refractivity contribution in [2.45, 2.75) is 83.4 Å². The molecule has 8 atom stereocenters. The number of rotatable bonds is 2. The summed E-state index contributed by atoms with van der Waals surface area (Å²) < 4.78 is 5.69. The van der Waals surface area contributed by atoms with Crippen LogP contribution in [0.1, 0.15) is 65.2 Å². The number of hydrogen-bond acceptors (Lipinski definition) is 3. The van der Waals surface area contributed by atoms with Gasteiger partial charge in [-0.05, 0) is 64.3 Å². The van der Waals surface area contributed by atoms with Gasteiger partial charge in [-0.2, -0.15) is 0 Å². The first-order chi connectivity index (χ1) is 12.1. The molecular formula is C22H35NO2. The number of nitrogens with zero attached hydrogens (tertiary/aromatic N) is 1. The maximum atomic E-state index is 12.4. The molecule has 4 fully saturated rings. The van der Waals surface area contributed by atoms with Crippen LogP contribution in [0.5, 0.6) is 0 Å². The summed E-state index contributed by atoms with van der Waals surface area (Å²) in [6, 6.07) is 1.25. The first-order valence-corrected chi connectivity index (χ1v) is 10.7. The molecule has 0 radical (unpaired) electrons. The second-order valence-corrected chi connectivity index (χ2v) is 9.24. The highest BCUT2D eigenvalue weighted by Crippen LogP contribution is 2.53. The number of carbonyl (C=O) groups is 1. The van der Waals surface area contributed by atoms with Crippen molar-refractivity contribution in [3.8, 4) is 0 Å². The SMILES string of the molecule is C[C@@H]1OC(=O)[C@@H]2C[C@H]3CCCC[C@H]3[C@@H](/C=C/[C@@H]3CCC[C@H](C)N3C)[C@@H]12. The van der Waals surface area contributed by atoms with Crippen LogP contribution in [0, 0.1) is 29.6 Å². The lowest BCUT2D eigenvalue weighted by atomic mass is 9.57. The van der Waals surface area contributed by atoms with E-state index in [1.165, 1.54) is 44.9 Å². The van der Waals surface area contributed by atoms with Crippen LogP contribution in [-0.4, -0.2) is 36.1 Å². The number of hydrogen-bond donors (Lipinski definition) is 0. The smallest absolute Gasteiger partial charge is 0.309 e. The normalized spacial score (nSPS) is 48.2. The van der Waals surface area contributed by atoms with Crippen LogP contribution in [0.15, 0.2) is 12.2 Å². The molecule has 2 saturated heterocycles. The van der Waals surface area contributed by atoms with E-state index in [-0.39, 0.29) is 18.0 Å². The molecule has 0 bridgehead atoms. The van der Waals surface area contributed by atoms with E-state index in [2.05, 4.69) is 37.9 Å². The van der Waals surface area contributed by atoms with Crippen LogP contribution in [-0.2, 0) is 9.53 Å². The van der Waals surface area contributed by atoms with E-state index in [9.17, 15) is 4.79 Å². The van der Waals surface area contributed by atoms with Crippen molar-refractivity contribution in [3.63, 3.8) is 0 Å². The highest BCUT2D eigenvalue weighted by Gasteiger charge is 2.53. The third-order valence-corrected chi connectivity index (χ3v) is 7.97. The Morgan fingerprint density at radius 1 is 1.04 bits per heavy atom. The first kappa shape index (κ1) is 17.6. The van der Waals surface area contributed by atoms with Gasteiger partial charge in [0.25, 0.3) is 0 Å². The zero-order valence-electron chi connectivity index (χ0n) is 16.2. The molecule has 3 heteroatoms. The molecular weight excluding hydrogens is 310 g/mol. The molecule has 0 aromatic rings. The molecule has 2 aliphatic heterocycles. The molecule has 2 heterocycles. The van der Waals surface area contributed by atoms with Crippen LogP contribution >= 0.6 is 0 Å². The highest BCUT2D eigenvalue weighted by molar-refractivity contribution is 5.75. The number of cyclic esters (lactones) is 1. The van der Waals surface area contributed by atoms with Crippen molar-refractivity contribution in [2.24, 2.45) is 29.6 Å². The Morgan fingerprint density at radius 3 is 2.68 bits per heavy atom. The fourth-order valence-corrected chi connectivity index (χ4v) is 6.43. The molecule has 0 unspecified atom stereocenters. The van der Waals surface area contributed by atoms with Crippen molar-refractivity contribution in [2.75, 3.05) is 7.05 Å². The van der Waals surface area contributed by atoms with Gasteiger partial charge in [0, 0.05) is 18.0 Å². The van der Waals surface area contributed by atoms with Gasteiger partial charge in [0.15, 0.2) is 0 Å². The number of fused-ring (bicyclic) bond motifs is 2. The fourth-order valence-electron chi connectivity index (χ4n) is 6.43. The van der Waals surface area contributed by atoms with Crippen LogP contribution in [0.2, 0.25) is 0 Å². The molecule has 2 saturated carbocycles. The molecule has 140 valence electrons. The first-order valence-electron chi connectivity index (χ1n) is 10.7. The summed E-state index contributed by atoms with van der Waals surface area (Å²) in [5.41, 5.74) is 0. The van der Waals surface area contributed by atoms with Crippen molar-refractivity contribution in [1.82, 2.24) is 4.90 Å². The minimum absolute atomic E-state index is 0.0864. The van der Waals surface area contributed by atoms with Gasteiger partial charge < -0.3 is 4.74 Å². The molecule has 0 aromatic heterocycles. The number of allylic oxidation sites excluding steroid dienone is 1. The van der Waals surface area contributed by atoms with Gasteiger partial charge in [0.05, 0.1) is 5.92 Å². The maximum Gasteiger partial charge on any atom is 0.309 e. The number of ether oxygens (including phenoxy) is 1. The van der Waals surface area contributed by atoms with Gasteiger partial charge in [-0.25, -0.2) is 0 Å². The molecule has 4 rings (SSSR count). The fraction of sp³-hybridized carbons (Fsp3) is 0.864. The Morgan fingerprint density at radius 2 is 1.84 bits per heavy atom. The highest BCUT2D eigenvalue weighted by atomic mass is 16.6. The zero-order chi connectivity index (χ0) is 17.6. The van der Waals surface area contributed by atoms with E-state index >= 15 is 0 Å². The van der Waals surface area contributed by atoms with Crippen molar-refractivity contribution in [3.05, 3.63) is 12.2 Å². The average molecular weight is 346 g/mol. The van der Waals surface area contributed by atoms with Gasteiger partial charge >= 0.3 is 5.97 Å². The third kappa shape index (κ3) is 3.18. The lowest BCUT2D eigenvalue weighted by molar-refractivity contribution is -0.144. The largest absolute Gasteiger partial charge is 0.462 e. The Balaban J connectivity index is 1.57. The Labute approximate surface area is 153 Å². The molecule has 2 aliphatic carbocycles. The molecule has 25 heavy (non-hydrogen) atoms. The van der Waals surface area contributed by atoms with Crippen LogP contribution < -0.4 is 0 Å². The predicted octanol–water partition coefficient (Wildman–Crippen LogP) is 4.42. The van der Waals surface area contributed by atoms with E-state index in [1.54, 1.807) is 0 Å². The molecule has 0 N–H and O–H groups in total. The Bertz CT molecular complexity index is 530. The van der Waals surface area contributed by atoms with E-state index in [0.717, 1.165) is 18.3 Å². The maximum absolute atomic E-state index is 12.4. The number of esters is 1. The molecule has 4 aliphatic rings. The van der Waals surface area contributed by atoms with E-state index < -0.39 is 0 Å². The summed E-state index contributed by atoms with van der Waals surface area (Å²) in [6.45, 7) is 4.47. The van der Waals surface area contributed by atoms with Crippen LogP contribution in [0.25, 0.3) is 0 Å². The molecule has 0 amide bonds. The van der Waals surface area contributed by atoms with Gasteiger partial charge in [0.1, 0.15) is 6.10 Å². The summed E-state index contributed by atoms with van der Waals surface area (Å²) in [6.07, 6.45) is 15.5. The van der Waals surface area contributed by atoms with E-state index in [1.807, 2.05) is 0 Å². The summed E-state index contributed by atoms with van der Waals surface area (Å²) in [5.74, 6) is 2.71. The monoisotopic (exact) mass is 345 g/mol. The van der Waals surface area contributed by atoms with Gasteiger partial charge in [-0.15, -0.1) is 0 Å². The third-order valence-electron chi connectivity index (χ3n) is 7.97. The van der Waals surface area contributed by atoms with Gasteiger partial charge in [0.2, 0.25) is 0 Å². The number of likely N-dealkylation sites (N-methyl/N-ethyl adjacent to an activating group) is 1. The molecule has 3 nitrogen and oxygen atoms in total. The zero-order valence-corrected chi connectivity index (χ0v) is 16.2. The second-order valence-electron chi connectivity index (χ2n) is 9.24. The van der Waals surface area contributed by atoms with Crippen molar-refractivity contribution < 1.29 is 9.53 Å². The van der Waals surface area contributed by atoms with Crippen molar-refractivity contribution >= 4 is 5.97 Å². The van der Waals surface area contributed by atoms with E-state index in [0.29, 0.717) is 23.9 Å². The number of likely N-dealkylation sites (tertiary alicyclic amines) is 1. The van der Waals surface area contributed by atoms with Crippen LogP contribution in [0.3, 0.4) is 0 Å². The minimum atomic E-state index is 0.0864. The summed E-state index contributed by atoms with van der Waals surface area (Å²) in [5, 5.41) is 0. The van der Waals surface area contributed by atoms with E-state index in [4.69, 9.17) is 4.74 Å². The number of piperidine rings is 1. The van der Waals surface area contributed by atoms with Gasteiger partial charge in [-0.1, -0.05) is 37.8 Å². The summed E-state index contributed by atoms with van der Waals surface area (Å²) >= 11 is 0. The average Bonchev–Trinajstić information content (AvgIpc) is 2.89. The topological polar surface area (TPSA) is 29.5 Å².